The van der Waals surface area contributed by atoms with Gasteiger partial charge < -0.3 is 29.1 Å². The molecule has 0 aliphatic carbocycles. The number of oxime groups is 1. The van der Waals surface area contributed by atoms with Gasteiger partial charge in [-0.1, -0.05) is 12.1 Å². The molecular weight excluding hydrogens is 440 g/mol. The van der Waals surface area contributed by atoms with Gasteiger partial charge in [-0.15, -0.1) is 0 Å². The van der Waals surface area contributed by atoms with Crippen molar-refractivity contribution in [3.63, 3.8) is 0 Å². The number of morpholine rings is 1. The number of nitrogens with one attached hydrogen (secondary N) is 1. The Kier molecular flexibility index (Phi) is 7.73. The maximum Gasteiger partial charge on any atom is 0.293 e. The summed E-state index contributed by atoms with van der Waals surface area (Å²) in [4.78, 5) is 42.1. The molecule has 2 atom stereocenters. The average molecular weight is 473 g/mol. The normalized spacial score (nSPS) is 20.3. The van der Waals surface area contributed by atoms with Crippen molar-refractivity contribution in [3.05, 3.63) is 28.3 Å². The van der Waals surface area contributed by atoms with E-state index in [1.165, 1.54) is 0 Å². The Hall–Kier alpha value is -3.05. The highest BCUT2D eigenvalue weighted by atomic mass is 16.6. The van der Waals surface area contributed by atoms with Gasteiger partial charge in [-0.25, -0.2) is 4.98 Å². The Morgan fingerprint density at radius 1 is 1.29 bits per heavy atom. The van der Waals surface area contributed by atoms with Crippen molar-refractivity contribution < 1.29 is 19.1 Å². The Balaban J connectivity index is 1.63. The predicted octanol–water partition coefficient (Wildman–Crippen LogP) is 1.37. The summed E-state index contributed by atoms with van der Waals surface area (Å²) in [6, 6.07) is 1.88. The standard InChI is InChI=1S/C23H32N6O5/c1-4-8-32-11-7-29-19-12-17(21-15(2)27-34-16(21)3)24-13-18(19)26-22(23(29)31)25-14-20(30)28-5-9-33-10-6-28/h12-13,16,21H,4-11,14H2,1-3H3,(H,25,26). The molecule has 0 spiro atoms. The molecule has 184 valence electrons. The number of amides is 1. The second-order valence-electron chi connectivity index (χ2n) is 8.50. The number of nitrogens with zero attached hydrogens (tertiary/aromatic N) is 5. The summed E-state index contributed by atoms with van der Waals surface area (Å²) in [5.74, 6) is -0.0661. The molecule has 4 heterocycles. The maximum atomic E-state index is 13.4. The molecule has 1 N–H and O–H groups in total. The number of carbonyl (C=O) groups excluding carboxylic acids is 1. The number of carbonyl (C=O) groups is 1. The Labute approximate surface area is 198 Å². The summed E-state index contributed by atoms with van der Waals surface area (Å²) in [7, 11) is 0. The fraction of sp³-hybridized carbons (Fsp3) is 0.609. The zero-order chi connectivity index (χ0) is 24.1. The van der Waals surface area contributed by atoms with Crippen LogP contribution >= 0.6 is 0 Å². The molecule has 0 saturated carbocycles. The number of hydrogen-bond acceptors (Lipinski definition) is 9. The first-order valence-corrected chi connectivity index (χ1v) is 11.8. The predicted molar refractivity (Wildman–Crippen MR) is 127 cm³/mol. The van der Waals surface area contributed by atoms with E-state index in [1.807, 2.05) is 26.8 Å². The largest absolute Gasteiger partial charge is 0.392 e. The van der Waals surface area contributed by atoms with E-state index in [0.717, 1.165) is 17.8 Å². The van der Waals surface area contributed by atoms with Crippen LogP contribution in [0.4, 0.5) is 5.82 Å². The van der Waals surface area contributed by atoms with Gasteiger partial charge in [0.1, 0.15) is 11.6 Å². The monoisotopic (exact) mass is 472 g/mol. The van der Waals surface area contributed by atoms with Gasteiger partial charge >= 0.3 is 0 Å². The van der Waals surface area contributed by atoms with E-state index in [9.17, 15) is 9.59 Å². The Morgan fingerprint density at radius 2 is 2.09 bits per heavy atom. The molecule has 34 heavy (non-hydrogen) atoms. The molecule has 2 unspecified atom stereocenters. The van der Waals surface area contributed by atoms with Crippen LogP contribution in [0.5, 0.6) is 0 Å². The molecule has 2 aliphatic heterocycles. The van der Waals surface area contributed by atoms with Crippen molar-refractivity contribution in [2.24, 2.45) is 5.16 Å². The van der Waals surface area contributed by atoms with Gasteiger partial charge in [0.2, 0.25) is 5.91 Å². The molecule has 2 aromatic heterocycles. The molecule has 0 radical (unpaired) electrons. The summed E-state index contributed by atoms with van der Waals surface area (Å²) in [6.07, 6.45) is 2.41. The van der Waals surface area contributed by atoms with Gasteiger partial charge in [0, 0.05) is 26.2 Å². The number of ether oxygens (including phenoxy) is 2. The van der Waals surface area contributed by atoms with Crippen molar-refractivity contribution in [2.45, 2.75) is 45.8 Å². The molecule has 1 saturated heterocycles. The molecule has 11 heteroatoms. The van der Waals surface area contributed by atoms with Crippen molar-refractivity contribution in [2.75, 3.05) is 51.4 Å². The van der Waals surface area contributed by atoms with E-state index >= 15 is 0 Å². The molecule has 4 rings (SSSR count). The fourth-order valence-corrected chi connectivity index (χ4v) is 4.23. The van der Waals surface area contributed by atoms with Crippen LogP contribution < -0.4 is 10.9 Å². The number of pyridine rings is 1. The highest BCUT2D eigenvalue weighted by molar-refractivity contribution is 5.90. The van der Waals surface area contributed by atoms with Gasteiger partial charge in [0.25, 0.3) is 5.56 Å². The highest BCUT2D eigenvalue weighted by Gasteiger charge is 2.31. The zero-order valence-electron chi connectivity index (χ0n) is 20.0. The second-order valence-corrected chi connectivity index (χ2v) is 8.50. The molecule has 0 aromatic carbocycles. The maximum absolute atomic E-state index is 13.4. The molecule has 2 aliphatic rings. The van der Waals surface area contributed by atoms with Crippen LogP contribution in [-0.4, -0.2) is 83.2 Å². The average Bonchev–Trinajstić information content (AvgIpc) is 3.19. The zero-order valence-corrected chi connectivity index (χ0v) is 20.0. The van der Waals surface area contributed by atoms with Gasteiger partial charge in [-0.2, -0.15) is 0 Å². The van der Waals surface area contributed by atoms with Crippen molar-refractivity contribution in [1.29, 1.82) is 0 Å². The number of rotatable bonds is 9. The summed E-state index contributed by atoms with van der Waals surface area (Å²) >= 11 is 0. The highest BCUT2D eigenvalue weighted by Crippen LogP contribution is 2.29. The van der Waals surface area contributed by atoms with Crippen LogP contribution in [0.1, 0.15) is 38.8 Å². The molecular formula is C23H32N6O5. The third-order valence-electron chi connectivity index (χ3n) is 6.03. The first-order chi connectivity index (χ1) is 16.5. The molecule has 1 amide bonds. The van der Waals surface area contributed by atoms with Crippen LogP contribution in [0.15, 0.2) is 22.2 Å². The lowest BCUT2D eigenvalue weighted by Crippen LogP contribution is -2.43. The minimum atomic E-state index is -0.305. The van der Waals surface area contributed by atoms with Crippen LogP contribution in [0, 0.1) is 0 Å². The van der Waals surface area contributed by atoms with Gasteiger partial charge in [-0.05, 0) is 26.3 Å². The number of fused-ring (bicyclic) bond motifs is 1. The Bertz CT molecular complexity index is 1110. The van der Waals surface area contributed by atoms with Crippen molar-refractivity contribution >= 4 is 28.5 Å². The summed E-state index contributed by atoms with van der Waals surface area (Å²) in [6.45, 7) is 9.37. The van der Waals surface area contributed by atoms with E-state index < -0.39 is 0 Å². The molecule has 0 bridgehead atoms. The summed E-state index contributed by atoms with van der Waals surface area (Å²) < 4.78 is 12.6. The lowest BCUT2D eigenvalue weighted by molar-refractivity contribution is -0.133. The summed E-state index contributed by atoms with van der Waals surface area (Å²) in [5.41, 5.74) is 2.52. The lowest BCUT2D eigenvalue weighted by Gasteiger charge is -2.27. The van der Waals surface area contributed by atoms with E-state index in [2.05, 4.69) is 20.4 Å². The molecule has 11 nitrogen and oxygen atoms in total. The second kappa shape index (κ2) is 10.9. The van der Waals surface area contributed by atoms with Crippen LogP contribution in [0.3, 0.4) is 0 Å². The number of aromatic nitrogens is 3. The fourth-order valence-electron chi connectivity index (χ4n) is 4.23. The topological polar surface area (TPSA) is 120 Å². The van der Waals surface area contributed by atoms with E-state index in [4.69, 9.17) is 14.3 Å². The van der Waals surface area contributed by atoms with E-state index in [1.54, 1.807) is 15.7 Å². The summed E-state index contributed by atoms with van der Waals surface area (Å²) in [5, 5.41) is 7.02. The third kappa shape index (κ3) is 5.20. The quantitative estimate of drug-likeness (QED) is 0.544. The minimum Gasteiger partial charge on any atom is -0.392 e. The Morgan fingerprint density at radius 3 is 2.79 bits per heavy atom. The van der Waals surface area contributed by atoms with Gasteiger partial charge in [0.05, 0.1) is 55.4 Å². The smallest absolute Gasteiger partial charge is 0.293 e. The minimum absolute atomic E-state index is 0.0157. The number of anilines is 1. The van der Waals surface area contributed by atoms with E-state index in [0.29, 0.717) is 57.1 Å². The van der Waals surface area contributed by atoms with Gasteiger partial charge in [0.15, 0.2) is 5.82 Å². The van der Waals surface area contributed by atoms with Crippen LogP contribution in [-0.2, 0) is 25.7 Å². The van der Waals surface area contributed by atoms with E-state index in [-0.39, 0.29) is 35.9 Å². The van der Waals surface area contributed by atoms with Crippen molar-refractivity contribution in [3.8, 4) is 0 Å². The third-order valence-corrected chi connectivity index (χ3v) is 6.03. The SMILES string of the molecule is CCCOCCn1c(=O)c(NCC(=O)N2CCOCC2)nc2cnc(C3C(C)=NOC3C)cc21. The first-order valence-electron chi connectivity index (χ1n) is 11.8. The van der Waals surface area contributed by atoms with Crippen LogP contribution in [0.25, 0.3) is 11.0 Å². The molecule has 1 fully saturated rings. The lowest BCUT2D eigenvalue weighted by atomic mass is 9.95. The number of hydrogen-bond donors (Lipinski definition) is 1. The van der Waals surface area contributed by atoms with Gasteiger partial charge in [-0.3, -0.25) is 14.6 Å². The van der Waals surface area contributed by atoms with Crippen LogP contribution in [0.2, 0.25) is 0 Å². The first kappa shape index (κ1) is 24.1. The van der Waals surface area contributed by atoms with Crippen molar-refractivity contribution in [1.82, 2.24) is 19.4 Å². The molecule has 2 aromatic rings.